The van der Waals surface area contributed by atoms with Crippen LogP contribution in [0.25, 0.3) is 0 Å². The van der Waals surface area contributed by atoms with Gasteiger partial charge in [0, 0.05) is 13.1 Å². The molecule has 2 fully saturated rings. The van der Waals surface area contributed by atoms with Gasteiger partial charge in [-0.15, -0.1) is 0 Å². The van der Waals surface area contributed by atoms with Gasteiger partial charge in [-0.25, -0.2) is 4.79 Å². The minimum atomic E-state index is -0.825. The summed E-state index contributed by atoms with van der Waals surface area (Å²) in [6.07, 6.45) is 2.74. The lowest BCUT2D eigenvalue weighted by atomic mass is 10.0. The molecule has 1 aromatic carbocycles. The van der Waals surface area contributed by atoms with E-state index in [-0.39, 0.29) is 12.1 Å². The summed E-state index contributed by atoms with van der Waals surface area (Å²) in [7, 11) is 1.63. The molecule has 3 rings (SSSR count). The number of urea groups is 1. The number of likely N-dealkylation sites (tertiary alicyclic amines) is 1. The van der Waals surface area contributed by atoms with E-state index in [4.69, 9.17) is 9.84 Å². The molecule has 23 heavy (non-hydrogen) atoms. The van der Waals surface area contributed by atoms with Crippen molar-refractivity contribution in [1.82, 2.24) is 10.2 Å². The Morgan fingerprint density at radius 2 is 1.96 bits per heavy atom. The predicted molar refractivity (Wildman–Crippen MR) is 84.3 cm³/mol. The Labute approximate surface area is 135 Å². The first-order valence-electron chi connectivity index (χ1n) is 8.00. The van der Waals surface area contributed by atoms with E-state index < -0.39 is 11.9 Å². The van der Waals surface area contributed by atoms with Gasteiger partial charge in [0.2, 0.25) is 0 Å². The minimum Gasteiger partial charge on any atom is -0.497 e. The average molecular weight is 318 g/mol. The molecule has 0 aromatic heterocycles. The smallest absolute Gasteiger partial charge is 0.317 e. The van der Waals surface area contributed by atoms with E-state index in [9.17, 15) is 9.59 Å². The van der Waals surface area contributed by atoms with Crippen molar-refractivity contribution in [1.29, 1.82) is 0 Å². The van der Waals surface area contributed by atoms with Crippen molar-refractivity contribution >= 4 is 12.0 Å². The highest BCUT2D eigenvalue weighted by Gasteiger charge is 2.36. The number of carboxylic acid groups (broad SMARTS) is 1. The van der Waals surface area contributed by atoms with Crippen LogP contribution in [0, 0.1) is 11.8 Å². The lowest BCUT2D eigenvalue weighted by molar-refractivity contribution is -0.141. The molecule has 2 unspecified atom stereocenters. The van der Waals surface area contributed by atoms with Gasteiger partial charge in [-0.1, -0.05) is 12.1 Å². The number of hydrogen-bond donors (Lipinski definition) is 2. The van der Waals surface area contributed by atoms with Crippen LogP contribution in [0.1, 0.15) is 30.9 Å². The molecule has 1 saturated carbocycles. The maximum absolute atomic E-state index is 12.4. The van der Waals surface area contributed by atoms with E-state index in [2.05, 4.69) is 5.32 Å². The summed E-state index contributed by atoms with van der Waals surface area (Å²) < 4.78 is 5.17. The highest BCUT2D eigenvalue weighted by atomic mass is 16.5. The molecule has 2 N–H and O–H groups in total. The standard InChI is InChI=1S/C17H22N2O4/c1-23-14-6-4-12(5-7-14)15(11-2-3-11)18-17(22)19-9-8-13(10-19)16(20)21/h4-7,11,13,15H,2-3,8-10H2,1H3,(H,18,22)(H,20,21). The molecule has 0 spiro atoms. The molecular weight excluding hydrogens is 296 g/mol. The third kappa shape index (κ3) is 3.57. The molecule has 1 heterocycles. The van der Waals surface area contributed by atoms with E-state index in [1.54, 1.807) is 12.0 Å². The topological polar surface area (TPSA) is 78.9 Å². The molecule has 2 amide bonds. The maximum atomic E-state index is 12.4. The van der Waals surface area contributed by atoms with E-state index in [1.165, 1.54) is 0 Å². The zero-order valence-corrected chi connectivity index (χ0v) is 13.2. The van der Waals surface area contributed by atoms with Crippen molar-refractivity contribution in [2.75, 3.05) is 20.2 Å². The van der Waals surface area contributed by atoms with Crippen molar-refractivity contribution in [3.05, 3.63) is 29.8 Å². The lowest BCUT2D eigenvalue weighted by Gasteiger charge is -2.23. The first-order valence-corrected chi connectivity index (χ1v) is 8.00. The van der Waals surface area contributed by atoms with Gasteiger partial charge in [-0.3, -0.25) is 4.79 Å². The SMILES string of the molecule is COc1ccc(C(NC(=O)N2CCC(C(=O)O)C2)C2CC2)cc1. The molecule has 0 radical (unpaired) electrons. The Morgan fingerprint density at radius 3 is 2.48 bits per heavy atom. The number of carboxylic acids is 1. The zero-order valence-electron chi connectivity index (χ0n) is 13.2. The van der Waals surface area contributed by atoms with E-state index in [0.29, 0.717) is 25.4 Å². The third-order valence-corrected chi connectivity index (χ3v) is 4.67. The van der Waals surface area contributed by atoms with Gasteiger partial charge < -0.3 is 20.1 Å². The number of hydrogen-bond acceptors (Lipinski definition) is 3. The number of benzene rings is 1. The lowest BCUT2D eigenvalue weighted by Crippen LogP contribution is -2.41. The van der Waals surface area contributed by atoms with Crippen LogP contribution in [0.2, 0.25) is 0 Å². The summed E-state index contributed by atoms with van der Waals surface area (Å²) in [5.41, 5.74) is 1.07. The number of nitrogens with zero attached hydrogens (tertiary/aromatic N) is 1. The summed E-state index contributed by atoms with van der Waals surface area (Å²) in [6, 6.07) is 7.57. The third-order valence-electron chi connectivity index (χ3n) is 4.67. The van der Waals surface area contributed by atoms with Crippen LogP contribution in [-0.2, 0) is 4.79 Å². The second kappa shape index (κ2) is 6.48. The quantitative estimate of drug-likeness (QED) is 0.873. The van der Waals surface area contributed by atoms with Crippen LogP contribution in [0.15, 0.2) is 24.3 Å². The van der Waals surface area contributed by atoms with Crippen molar-refractivity contribution in [2.24, 2.45) is 11.8 Å². The van der Waals surface area contributed by atoms with Crippen LogP contribution in [-0.4, -0.2) is 42.2 Å². The summed E-state index contributed by atoms with van der Waals surface area (Å²) >= 11 is 0. The Hall–Kier alpha value is -2.24. The van der Waals surface area contributed by atoms with Crippen LogP contribution in [0.3, 0.4) is 0 Å². The predicted octanol–water partition coefficient (Wildman–Crippen LogP) is 2.26. The Kier molecular flexibility index (Phi) is 4.41. The van der Waals surface area contributed by atoms with Gasteiger partial charge in [0.15, 0.2) is 0 Å². The van der Waals surface area contributed by atoms with Crippen LogP contribution in [0.5, 0.6) is 5.75 Å². The molecule has 6 heteroatoms. The highest BCUT2D eigenvalue weighted by Crippen LogP contribution is 2.41. The average Bonchev–Trinajstić information content (AvgIpc) is 3.27. The molecule has 1 aliphatic heterocycles. The first kappa shape index (κ1) is 15.6. The minimum absolute atomic E-state index is 0.0164. The second-order valence-electron chi connectivity index (χ2n) is 6.31. The fourth-order valence-corrected chi connectivity index (χ4v) is 3.08. The Morgan fingerprint density at radius 1 is 1.26 bits per heavy atom. The van der Waals surface area contributed by atoms with Crippen LogP contribution < -0.4 is 10.1 Å². The number of methoxy groups -OCH3 is 1. The van der Waals surface area contributed by atoms with E-state index >= 15 is 0 Å². The molecule has 0 bridgehead atoms. The summed E-state index contributed by atoms with van der Waals surface area (Å²) in [6.45, 7) is 0.796. The number of aliphatic carboxylic acids is 1. The number of carbonyl (C=O) groups excluding carboxylic acids is 1. The van der Waals surface area contributed by atoms with Crippen molar-refractivity contribution < 1.29 is 19.4 Å². The van der Waals surface area contributed by atoms with Gasteiger partial charge >= 0.3 is 12.0 Å². The fraction of sp³-hybridized carbons (Fsp3) is 0.529. The molecule has 2 aliphatic rings. The number of amides is 2. The number of carbonyl (C=O) groups is 2. The monoisotopic (exact) mass is 318 g/mol. The van der Waals surface area contributed by atoms with Crippen molar-refractivity contribution in [2.45, 2.75) is 25.3 Å². The first-order chi connectivity index (χ1) is 11.1. The number of ether oxygens (including phenoxy) is 1. The Balaban J connectivity index is 1.65. The summed E-state index contributed by atoms with van der Waals surface area (Å²) in [5, 5.41) is 12.1. The molecule has 124 valence electrons. The summed E-state index contributed by atoms with van der Waals surface area (Å²) in [5.74, 6) is -0.0148. The number of nitrogens with one attached hydrogen (secondary N) is 1. The molecular formula is C17H22N2O4. The maximum Gasteiger partial charge on any atom is 0.317 e. The van der Waals surface area contributed by atoms with Gasteiger partial charge in [0.25, 0.3) is 0 Å². The van der Waals surface area contributed by atoms with Crippen LogP contribution >= 0.6 is 0 Å². The molecule has 2 atom stereocenters. The molecule has 1 saturated heterocycles. The fourth-order valence-electron chi connectivity index (χ4n) is 3.08. The molecule has 1 aromatic rings. The highest BCUT2D eigenvalue weighted by molar-refractivity contribution is 5.77. The summed E-state index contributed by atoms with van der Waals surface area (Å²) in [4.78, 5) is 25.1. The number of rotatable bonds is 5. The molecule has 6 nitrogen and oxygen atoms in total. The van der Waals surface area contributed by atoms with Gasteiger partial charge in [0.05, 0.1) is 19.1 Å². The van der Waals surface area contributed by atoms with E-state index in [1.807, 2.05) is 24.3 Å². The van der Waals surface area contributed by atoms with Crippen molar-refractivity contribution in [3.63, 3.8) is 0 Å². The van der Waals surface area contributed by atoms with Gasteiger partial charge in [-0.05, 0) is 42.9 Å². The van der Waals surface area contributed by atoms with Crippen LogP contribution in [0.4, 0.5) is 4.79 Å². The van der Waals surface area contributed by atoms with Gasteiger partial charge in [-0.2, -0.15) is 0 Å². The zero-order chi connectivity index (χ0) is 16.4. The molecule has 1 aliphatic carbocycles. The normalized spacial score (nSPS) is 21.8. The Bertz CT molecular complexity index is 583. The van der Waals surface area contributed by atoms with Gasteiger partial charge in [0.1, 0.15) is 5.75 Å². The largest absolute Gasteiger partial charge is 0.497 e. The second-order valence-corrected chi connectivity index (χ2v) is 6.31. The van der Waals surface area contributed by atoms with Crippen molar-refractivity contribution in [3.8, 4) is 5.75 Å². The van der Waals surface area contributed by atoms with E-state index in [0.717, 1.165) is 24.2 Å².